The Morgan fingerprint density at radius 3 is 2.70 bits per heavy atom. The van der Waals surface area contributed by atoms with Gasteiger partial charge in [0.15, 0.2) is 0 Å². The topological polar surface area (TPSA) is 54.2 Å². The number of nitrogens with zero attached hydrogens (tertiary/aromatic N) is 3. The maximum atomic E-state index is 8.75. The van der Waals surface area contributed by atoms with E-state index in [0.29, 0.717) is 6.42 Å². The number of aromatic nitrogens is 2. The van der Waals surface area contributed by atoms with Crippen LogP contribution in [0.5, 0.6) is 0 Å². The summed E-state index contributed by atoms with van der Waals surface area (Å²) in [6.07, 6.45) is 5.96. The van der Waals surface area contributed by atoms with Crippen molar-refractivity contribution in [2.24, 2.45) is 0 Å². The normalized spacial score (nSPS) is 10.7. The highest BCUT2D eigenvalue weighted by Gasteiger charge is 2.08. The lowest BCUT2D eigenvalue weighted by Gasteiger charge is -2.04. The molecule has 0 amide bonds. The molecule has 3 aromatic heterocycles. The van der Waals surface area contributed by atoms with Crippen molar-refractivity contribution in [2.75, 3.05) is 0 Å². The predicted molar refractivity (Wildman–Crippen MR) is 87.6 cm³/mol. The van der Waals surface area contributed by atoms with Gasteiger partial charge in [0.2, 0.25) is 0 Å². The Morgan fingerprint density at radius 1 is 1.09 bits per heavy atom. The summed E-state index contributed by atoms with van der Waals surface area (Å²) in [5.74, 6) is 0.831. The van der Waals surface area contributed by atoms with Gasteiger partial charge in [0, 0.05) is 17.3 Å². The number of imidazole rings is 1. The van der Waals surface area contributed by atoms with Crippen LogP contribution in [-0.4, -0.2) is 9.38 Å². The number of furan rings is 1. The van der Waals surface area contributed by atoms with E-state index in [0.717, 1.165) is 33.8 Å². The van der Waals surface area contributed by atoms with Crippen molar-refractivity contribution in [1.82, 2.24) is 9.38 Å². The number of fused-ring (bicyclic) bond motifs is 1. The first kappa shape index (κ1) is 13.4. The highest BCUT2D eigenvalue weighted by atomic mass is 16.3. The highest BCUT2D eigenvalue weighted by Crippen LogP contribution is 2.25. The van der Waals surface area contributed by atoms with Crippen molar-refractivity contribution in [3.63, 3.8) is 0 Å². The number of benzene rings is 1. The van der Waals surface area contributed by atoms with Gasteiger partial charge in [0.25, 0.3) is 0 Å². The molecule has 0 saturated carbocycles. The van der Waals surface area contributed by atoms with Gasteiger partial charge in [-0.1, -0.05) is 24.3 Å². The van der Waals surface area contributed by atoms with Gasteiger partial charge in [0.05, 0.1) is 30.6 Å². The lowest BCUT2D eigenvalue weighted by Crippen LogP contribution is -1.89. The molecule has 0 fully saturated rings. The highest BCUT2D eigenvalue weighted by molar-refractivity contribution is 5.68. The Kier molecular flexibility index (Phi) is 3.17. The van der Waals surface area contributed by atoms with Crippen LogP contribution in [0.3, 0.4) is 0 Å². The summed E-state index contributed by atoms with van der Waals surface area (Å²) < 4.78 is 7.48. The molecule has 23 heavy (non-hydrogen) atoms. The summed E-state index contributed by atoms with van der Waals surface area (Å²) in [6.45, 7) is 0. The van der Waals surface area contributed by atoms with Crippen molar-refractivity contribution in [2.45, 2.75) is 6.42 Å². The molecule has 0 radical (unpaired) electrons. The third-order valence-electron chi connectivity index (χ3n) is 3.85. The van der Waals surface area contributed by atoms with Crippen LogP contribution in [0.25, 0.3) is 28.2 Å². The largest absolute Gasteiger partial charge is 0.464 e. The van der Waals surface area contributed by atoms with E-state index in [2.05, 4.69) is 11.1 Å². The van der Waals surface area contributed by atoms with Crippen LogP contribution in [0, 0.1) is 11.3 Å². The molecule has 110 valence electrons. The maximum absolute atomic E-state index is 8.75. The number of rotatable bonds is 3. The number of pyridine rings is 1. The SMILES string of the molecule is N#CCc1ccc(-c2cnc3cc(-c4ccco4)ccn23)cc1. The molecule has 0 aliphatic rings. The van der Waals surface area contributed by atoms with E-state index in [1.807, 2.05) is 65.3 Å². The first-order chi connectivity index (χ1) is 11.3. The molecule has 4 heteroatoms. The molecule has 0 N–H and O–H groups in total. The Balaban J connectivity index is 1.75. The summed E-state index contributed by atoms with van der Waals surface area (Å²) in [5, 5.41) is 8.75. The second-order valence-corrected chi connectivity index (χ2v) is 5.30. The lowest BCUT2D eigenvalue weighted by atomic mass is 10.1. The molecule has 0 saturated heterocycles. The maximum Gasteiger partial charge on any atom is 0.137 e. The van der Waals surface area contributed by atoms with Gasteiger partial charge in [0.1, 0.15) is 11.4 Å². The molecular formula is C19H13N3O. The van der Waals surface area contributed by atoms with Crippen LogP contribution in [0.1, 0.15) is 5.56 Å². The van der Waals surface area contributed by atoms with Crippen LogP contribution >= 0.6 is 0 Å². The Morgan fingerprint density at radius 2 is 1.96 bits per heavy atom. The van der Waals surface area contributed by atoms with Crippen molar-refractivity contribution in [1.29, 1.82) is 5.26 Å². The van der Waals surface area contributed by atoms with Gasteiger partial charge >= 0.3 is 0 Å². The zero-order chi connectivity index (χ0) is 15.6. The van der Waals surface area contributed by atoms with Crippen LogP contribution in [0.2, 0.25) is 0 Å². The van der Waals surface area contributed by atoms with E-state index in [1.54, 1.807) is 6.26 Å². The molecule has 4 nitrogen and oxygen atoms in total. The van der Waals surface area contributed by atoms with E-state index >= 15 is 0 Å². The van der Waals surface area contributed by atoms with E-state index in [9.17, 15) is 0 Å². The van der Waals surface area contributed by atoms with E-state index in [4.69, 9.17) is 9.68 Å². The third-order valence-corrected chi connectivity index (χ3v) is 3.85. The molecule has 0 aliphatic carbocycles. The Bertz CT molecular complexity index is 989. The van der Waals surface area contributed by atoms with Crippen molar-refractivity contribution in [3.8, 4) is 28.7 Å². The number of nitriles is 1. The Labute approximate surface area is 133 Å². The molecule has 0 spiro atoms. The quantitative estimate of drug-likeness (QED) is 0.566. The summed E-state index contributed by atoms with van der Waals surface area (Å²) >= 11 is 0. The van der Waals surface area contributed by atoms with Crippen LogP contribution < -0.4 is 0 Å². The molecule has 0 bridgehead atoms. The minimum atomic E-state index is 0.430. The van der Waals surface area contributed by atoms with Gasteiger partial charge in [-0.05, 0) is 29.8 Å². The van der Waals surface area contributed by atoms with Crippen molar-refractivity contribution in [3.05, 3.63) is 72.8 Å². The zero-order valence-corrected chi connectivity index (χ0v) is 12.3. The van der Waals surface area contributed by atoms with Gasteiger partial charge in [-0.15, -0.1) is 0 Å². The monoisotopic (exact) mass is 299 g/mol. The molecule has 3 heterocycles. The standard InChI is InChI=1S/C19H13N3O/c20-9-7-14-3-5-15(6-4-14)17-13-21-19-12-16(8-10-22(17)19)18-2-1-11-23-18/h1-6,8,10-13H,7H2. The predicted octanol–water partition coefficient (Wildman–Crippen LogP) is 4.33. The summed E-state index contributed by atoms with van der Waals surface area (Å²) in [6, 6.07) is 18.0. The van der Waals surface area contributed by atoms with Gasteiger partial charge < -0.3 is 4.42 Å². The summed E-state index contributed by atoms with van der Waals surface area (Å²) in [5.41, 5.74) is 4.99. The van der Waals surface area contributed by atoms with Crippen LogP contribution in [0.4, 0.5) is 0 Å². The summed E-state index contributed by atoms with van der Waals surface area (Å²) in [4.78, 5) is 4.49. The fourth-order valence-electron chi connectivity index (χ4n) is 2.67. The molecule has 0 unspecified atom stereocenters. The van der Waals surface area contributed by atoms with E-state index < -0.39 is 0 Å². The average Bonchev–Trinajstić information content (AvgIpc) is 3.25. The minimum Gasteiger partial charge on any atom is -0.464 e. The van der Waals surface area contributed by atoms with Crippen LogP contribution in [-0.2, 0) is 6.42 Å². The first-order valence-electron chi connectivity index (χ1n) is 7.32. The molecule has 4 rings (SSSR count). The van der Waals surface area contributed by atoms with Gasteiger partial charge in [-0.3, -0.25) is 4.40 Å². The minimum absolute atomic E-state index is 0.430. The fourth-order valence-corrected chi connectivity index (χ4v) is 2.67. The Hall–Kier alpha value is -3.32. The van der Waals surface area contributed by atoms with E-state index in [1.165, 1.54) is 0 Å². The molecule has 0 aliphatic heterocycles. The van der Waals surface area contributed by atoms with Crippen molar-refractivity contribution < 1.29 is 4.42 Å². The molecule has 4 aromatic rings. The average molecular weight is 299 g/mol. The number of hydrogen-bond donors (Lipinski definition) is 0. The number of hydrogen-bond acceptors (Lipinski definition) is 3. The molecular weight excluding hydrogens is 286 g/mol. The smallest absolute Gasteiger partial charge is 0.137 e. The molecule has 1 aromatic carbocycles. The first-order valence-corrected chi connectivity index (χ1v) is 7.32. The second kappa shape index (κ2) is 5.47. The fraction of sp³-hybridized carbons (Fsp3) is 0.0526. The lowest BCUT2D eigenvalue weighted by molar-refractivity contribution is 0.582. The van der Waals surface area contributed by atoms with Gasteiger partial charge in [-0.25, -0.2) is 4.98 Å². The van der Waals surface area contributed by atoms with Crippen LogP contribution in [0.15, 0.2) is 71.6 Å². The summed E-state index contributed by atoms with van der Waals surface area (Å²) in [7, 11) is 0. The van der Waals surface area contributed by atoms with Gasteiger partial charge in [-0.2, -0.15) is 5.26 Å². The third kappa shape index (κ3) is 2.39. The van der Waals surface area contributed by atoms with Crippen molar-refractivity contribution >= 4 is 5.65 Å². The van der Waals surface area contributed by atoms with E-state index in [-0.39, 0.29) is 0 Å². The zero-order valence-electron chi connectivity index (χ0n) is 12.3. The second-order valence-electron chi connectivity index (χ2n) is 5.30. The molecule has 0 atom stereocenters.